The van der Waals surface area contributed by atoms with E-state index in [0.717, 1.165) is 4.90 Å². The van der Waals surface area contributed by atoms with Crippen LogP contribution in [0.15, 0.2) is 36.4 Å². The van der Waals surface area contributed by atoms with Gasteiger partial charge in [0, 0.05) is 0 Å². The summed E-state index contributed by atoms with van der Waals surface area (Å²) in [7, 11) is 0. The van der Waals surface area contributed by atoms with Crippen LogP contribution in [0.25, 0.3) is 0 Å². The number of aliphatic hydroxyl groups excluding tert-OH is 1. The number of ether oxygens (including phenoxy) is 1. The number of nitrogens with zero attached hydrogens (tertiary/aromatic N) is 1. The van der Waals surface area contributed by atoms with Crippen molar-refractivity contribution in [3.8, 4) is 0 Å². The Labute approximate surface area is 130 Å². The topological polar surface area (TPSA) is 107 Å². The van der Waals surface area contributed by atoms with E-state index < -0.39 is 41.3 Å². The Morgan fingerprint density at radius 1 is 1.26 bits per heavy atom. The Hall–Kier alpha value is -2.51. The summed E-state index contributed by atoms with van der Waals surface area (Å²) < 4.78 is 5.64. The van der Waals surface area contributed by atoms with Gasteiger partial charge in [-0.3, -0.25) is 9.59 Å². The lowest BCUT2D eigenvalue weighted by Gasteiger charge is -2.26. The summed E-state index contributed by atoms with van der Waals surface area (Å²) in [6, 6.07) is 5.35. The maximum Gasteiger partial charge on any atom is 0.241 e. The summed E-state index contributed by atoms with van der Waals surface area (Å²) in [6.45, 7) is -0.377. The van der Waals surface area contributed by atoms with Crippen LogP contribution in [-0.4, -0.2) is 41.2 Å². The van der Waals surface area contributed by atoms with Gasteiger partial charge in [-0.1, -0.05) is 24.3 Å². The van der Waals surface area contributed by atoms with Gasteiger partial charge in [0.05, 0.1) is 36.2 Å². The lowest BCUT2D eigenvalue weighted by atomic mass is 9.77. The van der Waals surface area contributed by atoms with E-state index in [9.17, 15) is 24.6 Å². The number of carbonyl (C=O) groups is 3. The highest BCUT2D eigenvalue weighted by Crippen LogP contribution is 2.52. The largest absolute Gasteiger partial charge is 0.545 e. The zero-order chi connectivity index (χ0) is 16.4. The number of fused-ring (bicyclic) bond motifs is 5. The molecule has 2 bridgehead atoms. The van der Waals surface area contributed by atoms with Gasteiger partial charge in [-0.2, -0.15) is 0 Å². The number of aromatic carboxylic acids is 1. The van der Waals surface area contributed by atoms with E-state index >= 15 is 0 Å². The summed E-state index contributed by atoms with van der Waals surface area (Å²) in [5, 5.41) is 20.4. The summed E-state index contributed by atoms with van der Waals surface area (Å²) in [6.07, 6.45) is 2.83. The van der Waals surface area contributed by atoms with Crippen molar-refractivity contribution in [3.63, 3.8) is 0 Å². The standard InChI is InChI=1S/C16H13NO6/c18-7-16-6-5-10(23-16)11-12(16)14(20)17(13(11)19)9-3-1-8(2-4-9)15(21)22/h1-6,10-12,18H,7H2,(H,21,22)/p-1/t10-,11+,12-,16-/m1/s1. The van der Waals surface area contributed by atoms with Crippen molar-refractivity contribution in [2.45, 2.75) is 11.7 Å². The van der Waals surface area contributed by atoms with Crippen molar-refractivity contribution in [1.82, 2.24) is 0 Å². The number of imide groups is 1. The first-order chi connectivity index (χ1) is 11.0. The van der Waals surface area contributed by atoms with Crippen LogP contribution in [0.3, 0.4) is 0 Å². The van der Waals surface area contributed by atoms with Crippen LogP contribution in [-0.2, 0) is 14.3 Å². The van der Waals surface area contributed by atoms with Gasteiger partial charge >= 0.3 is 0 Å². The molecule has 0 saturated carbocycles. The van der Waals surface area contributed by atoms with Gasteiger partial charge in [-0.15, -0.1) is 0 Å². The van der Waals surface area contributed by atoms with Crippen LogP contribution in [0.5, 0.6) is 0 Å². The Balaban J connectivity index is 1.72. The first-order valence-electron chi connectivity index (χ1n) is 7.16. The summed E-state index contributed by atoms with van der Waals surface area (Å²) >= 11 is 0. The molecule has 23 heavy (non-hydrogen) atoms. The van der Waals surface area contributed by atoms with Gasteiger partial charge in [-0.05, 0) is 17.7 Å². The molecule has 118 valence electrons. The summed E-state index contributed by atoms with van der Waals surface area (Å²) in [4.78, 5) is 37.2. The molecule has 7 nitrogen and oxygen atoms in total. The van der Waals surface area contributed by atoms with E-state index in [1.165, 1.54) is 24.3 Å². The molecule has 2 fully saturated rings. The predicted molar refractivity (Wildman–Crippen MR) is 74.1 cm³/mol. The minimum atomic E-state index is -1.33. The van der Waals surface area contributed by atoms with Crippen molar-refractivity contribution in [2.75, 3.05) is 11.5 Å². The molecule has 1 N–H and O–H groups in total. The molecule has 0 radical (unpaired) electrons. The quantitative estimate of drug-likeness (QED) is 0.558. The second-order valence-corrected chi connectivity index (χ2v) is 5.90. The van der Waals surface area contributed by atoms with Gasteiger partial charge in [-0.25, -0.2) is 4.90 Å². The molecule has 0 spiro atoms. The number of aliphatic hydroxyl groups is 1. The number of hydrogen-bond acceptors (Lipinski definition) is 6. The molecule has 3 aliphatic heterocycles. The van der Waals surface area contributed by atoms with Crippen molar-refractivity contribution >= 4 is 23.5 Å². The smallest absolute Gasteiger partial charge is 0.241 e. The summed E-state index contributed by atoms with van der Waals surface area (Å²) in [5.74, 6) is -3.58. The number of amides is 2. The van der Waals surface area contributed by atoms with Gasteiger partial charge in [0.25, 0.3) is 0 Å². The SMILES string of the molecule is O=C([O-])c1ccc(N2C(=O)[C@H]3[C@H]4C=C[C@](CO)(O4)[C@H]3C2=O)cc1. The molecule has 0 unspecified atom stereocenters. The molecule has 2 amide bonds. The number of carbonyl (C=O) groups excluding carboxylic acids is 3. The lowest BCUT2D eigenvalue weighted by molar-refractivity contribution is -0.255. The van der Waals surface area contributed by atoms with Crippen LogP contribution in [0.2, 0.25) is 0 Å². The average Bonchev–Trinajstić information content (AvgIpc) is 3.19. The number of benzene rings is 1. The second kappa shape index (κ2) is 4.50. The molecular weight excluding hydrogens is 302 g/mol. The second-order valence-electron chi connectivity index (χ2n) is 5.90. The van der Waals surface area contributed by atoms with Crippen LogP contribution >= 0.6 is 0 Å². The zero-order valence-corrected chi connectivity index (χ0v) is 11.8. The van der Waals surface area contributed by atoms with Crippen LogP contribution in [0.1, 0.15) is 10.4 Å². The van der Waals surface area contributed by atoms with Crippen molar-refractivity contribution < 1.29 is 29.3 Å². The molecule has 1 aromatic carbocycles. The number of hydrogen-bond donors (Lipinski definition) is 1. The Kier molecular flexibility index (Phi) is 2.76. The van der Waals surface area contributed by atoms with Crippen LogP contribution < -0.4 is 10.0 Å². The van der Waals surface area contributed by atoms with Gasteiger partial charge in [0.2, 0.25) is 11.8 Å². The monoisotopic (exact) mass is 314 g/mol. The fourth-order valence-electron chi connectivity index (χ4n) is 3.69. The molecule has 3 heterocycles. The normalized spacial score (nSPS) is 34.3. The van der Waals surface area contributed by atoms with Gasteiger partial charge < -0.3 is 19.7 Å². The Bertz CT molecular complexity index is 754. The highest BCUT2D eigenvalue weighted by atomic mass is 16.5. The van der Waals surface area contributed by atoms with Crippen LogP contribution in [0.4, 0.5) is 5.69 Å². The van der Waals surface area contributed by atoms with E-state index in [2.05, 4.69) is 0 Å². The average molecular weight is 314 g/mol. The van der Waals surface area contributed by atoms with Crippen molar-refractivity contribution in [1.29, 1.82) is 0 Å². The maximum absolute atomic E-state index is 12.7. The molecule has 4 atom stereocenters. The fraction of sp³-hybridized carbons (Fsp3) is 0.312. The lowest BCUT2D eigenvalue weighted by Crippen LogP contribution is -2.43. The number of carboxylic acid groups (broad SMARTS) is 1. The van der Waals surface area contributed by atoms with E-state index in [-0.39, 0.29) is 12.2 Å². The van der Waals surface area contributed by atoms with E-state index in [0.29, 0.717) is 5.69 Å². The molecular formula is C16H12NO6-. The minimum absolute atomic E-state index is 0.0371. The minimum Gasteiger partial charge on any atom is -0.545 e. The number of carboxylic acids is 1. The molecule has 7 heteroatoms. The van der Waals surface area contributed by atoms with Gasteiger partial charge in [0.1, 0.15) is 5.60 Å². The Morgan fingerprint density at radius 2 is 1.96 bits per heavy atom. The van der Waals surface area contributed by atoms with E-state index in [4.69, 9.17) is 4.74 Å². The maximum atomic E-state index is 12.7. The summed E-state index contributed by atoms with van der Waals surface area (Å²) in [5.41, 5.74) is -0.876. The molecule has 2 saturated heterocycles. The first-order valence-corrected chi connectivity index (χ1v) is 7.16. The van der Waals surface area contributed by atoms with Gasteiger partial charge in [0.15, 0.2) is 0 Å². The van der Waals surface area contributed by atoms with E-state index in [1.807, 2.05) is 0 Å². The number of rotatable bonds is 3. The zero-order valence-electron chi connectivity index (χ0n) is 11.8. The Morgan fingerprint density at radius 3 is 2.57 bits per heavy atom. The molecule has 4 rings (SSSR count). The highest BCUT2D eigenvalue weighted by molar-refractivity contribution is 6.23. The third-order valence-corrected chi connectivity index (χ3v) is 4.76. The van der Waals surface area contributed by atoms with E-state index in [1.54, 1.807) is 12.2 Å². The fourth-order valence-corrected chi connectivity index (χ4v) is 3.69. The molecule has 3 aliphatic rings. The first kappa shape index (κ1) is 14.1. The van der Waals surface area contributed by atoms with Crippen LogP contribution in [0, 0.1) is 11.8 Å². The number of anilines is 1. The molecule has 1 aromatic rings. The van der Waals surface area contributed by atoms with Crippen molar-refractivity contribution in [2.24, 2.45) is 11.8 Å². The third-order valence-electron chi connectivity index (χ3n) is 4.76. The highest BCUT2D eigenvalue weighted by Gasteiger charge is 2.67. The molecule has 0 aromatic heterocycles. The third kappa shape index (κ3) is 1.68. The predicted octanol–water partition coefficient (Wildman–Crippen LogP) is -1.14. The van der Waals surface area contributed by atoms with Crippen molar-refractivity contribution in [3.05, 3.63) is 42.0 Å². The molecule has 0 aliphatic carbocycles.